The fourth-order valence-electron chi connectivity index (χ4n) is 0.945. The molecule has 0 aliphatic heterocycles. The van der Waals surface area contributed by atoms with E-state index in [1.54, 1.807) is 0 Å². The first-order valence-corrected chi connectivity index (χ1v) is 4.91. The van der Waals surface area contributed by atoms with Crippen LogP contribution in [0.4, 0.5) is 0 Å². The Bertz CT molecular complexity index is 388. The molecule has 0 saturated carbocycles. The van der Waals surface area contributed by atoms with E-state index in [2.05, 4.69) is 26.2 Å². The molecule has 0 radical (unpaired) electrons. The van der Waals surface area contributed by atoms with Crippen LogP contribution in [0.2, 0.25) is 0 Å². The number of nitrogens with zero attached hydrogens (tertiary/aromatic N) is 2. The van der Waals surface area contributed by atoms with Gasteiger partial charge in [-0.1, -0.05) is 0 Å². The molecule has 5 nitrogen and oxygen atoms in total. The van der Waals surface area contributed by atoms with Crippen LogP contribution in [0, 0.1) is 0 Å². The van der Waals surface area contributed by atoms with Crippen molar-refractivity contribution in [3.05, 3.63) is 27.4 Å². The highest BCUT2D eigenvalue weighted by molar-refractivity contribution is 9.10. The molecule has 0 spiro atoms. The maximum absolute atomic E-state index is 11.4. The van der Waals surface area contributed by atoms with E-state index >= 15 is 0 Å². The Morgan fingerprint density at radius 3 is 3.07 bits per heavy atom. The van der Waals surface area contributed by atoms with Crippen LogP contribution < -0.4 is 10.9 Å². The highest BCUT2D eigenvalue weighted by Gasteiger charge is 2.04. The standard InChI is InChI=1S/C8H10BrN3O2/c1-2-11-7(13)4-12-5-10-3-6(9)8(12)14/h3,5H,2,4H2,1H3,(H,11,13). The van der Waals surface area contributed by atoms with Gasteiger partial charge < -0.3 is 5.32 Å². The van der Waals surface area contributed by atoms with Gasteiger partial charge in [-0.25, -0.2) is 4.98 Å². The molecule has 0 aliphatic carbocycles. The maximum atomic E-state index is 11.4. The highest BCUT2D eigenvalue weighted by Crippen LogP contribution is 1.97. The second-order valence-electron chi connectivity index (χ2n) is 2.63. The average molecular weight is 260 g/mol. The molecular weight excluding hydrogens is 250 g/mol. The monoisotopic (exact) mass is 259 g/mol. The third-order valence-electron chi connectivity index (χ3n) is 1.55. The lowest BCUT2D eigenvalue weighted by Crippen LogP contribution is -2.32. The summed E-state index contributed by atoms with van der Waals surface area (Å²) in [7, 11) is 0. The number of halogens is 1. The summed E-state index contributed by atoms with van der Waals surface area (Å²) in [6.45, 7) is 2.37. The number of carbonyl (C=O) groups is 1. The normalized spacial score (nSPS) is 9.86. The Labute approximate surface area is 89.3 Å². The van der Waals surface area contributed by atoms with E-state index in [4.69, 9.17) is 0 Å². The fraction of sp³-hybridized carbons (Fsp3) is 0.375. The van der Waals surface area contributed by atoms with Crippen molar-refractivity contribution in [3.63, 3.8) is 0 Å². The third-order valence-corrected chi connectivity index (χ3v) is 2.09. The van der Waals surface area contributed by atoms with Crippen molar-refractivity contribution in [1.29, 1.82) is 0 Å². The molecule has 1 heterocycles. The minimum atomic E-state index is -0.258. The van der Waals surface area contributed by atoms with Crippen molar-refractivity contribution in [1.82, 2.24) is 14.9 Å². The molecule has 0 aromatic carbocycles. The summed E-state index contributed by atoms with van der Waals surface area (Å²) in [5.74, 6) is -0.200. The summed E-state index contributed by atoms with van der Waals surface area (Å²) in [5.41, 5.74) is -0.258. The number of hydrogen-bond acceptors (Lipinski definition) is 3. The van der Waals surface area contributed by atoms with Crippen LogP contribution in [0.3, 0.4) is 0 Å². The molecule has 0 saturated heterocycles. The van der Waals surface area contributed by atoms with E-state index in [0.29, 0.717) is 11.0 Å². The Kier molecular flexibility index (Phi) is 3.82. The van der Waals surface area contributed by atoms with Crippen LogP contribution in [0.1, 0.15) is 6.92 Å². The van der Waals surface area contributed by atoms with Gasteiger partial charge in [0.1, 0.15) is 11.0 Å². The second-order valence-corrected chi connectivity index (χ2v) is 3.48. The summed E-state index contributed by atoms with van der Waals surface area (Å²) >= 11 is 3.05. The lowest BCUT2D eigenvalue weighted by molar-refractivity contribution is -0.121. The van der Waals surface area contributed by atoms with Crippen LogP contribution >= 0.6 is 15.9 Å². The van der Waals surface area contributed by atoms with E-state index in [0.717, 1.165) is 0 Å². The van der Waals surface area contributed by atoms with Crippen LogP contribution in [0.15, 0.2) is 21.8 Å². The summed E-state index contributed by atoms with van der Waals surface area (Å²) < 4.78 is 1.60. The zero-order valence-electron chi connectivity index (χ0n) is 7.66. The fourth-order valence-corrected chi connectivity index (χ4v) is 1.29. The SMILES string of the molecule is CCNC(=O)Cn1cncc(Br)c1=O. The van der Waals surface area contributed by atoms with E-state index in [9.17, 15) is 9.59 Å². The molecule has 0 unspecified atom stereocenters. The van der Waals surface area contributed by atoms with Gasteiger partial charge in [0.05, 0.1) is 6.33 Å². The number of aromatic nitrogens is 2. The van der Waals surface area contributed by atoms with Gasteiger partial charge >= 0.3 is 0 Å². The average Bonchev–Trinajstić information content (AvgIpc) is 2.13. The largest absolute Gasteiger partial charge is 0.355 e. The van der Waals surface area contributed by atoms with E-state index in [-0.39, 0.29) is 18.0 Å². The van der Waals surface area contributed by atoms with Crippen LogP contribution in [0.5, 0.6) is 0 Å². The zero-order valence-corrected chi connectivity index (χ0v) is 9.24. The molecule has 1 aromatic rings. The first-order valence-electron chi connectivity index (χ1n) is 4.11. The van der Waals surface area contributed by atoms with Crippen molar-refractivity contribution in [3.8, 4) is 0 Å². The summed E-state index contributed by atoms with van der Waals surface area (Å²) in [6.07, 6.45) is 2.74. The topological polar surface area (TPSA) is 64.0 Å². The number of amides is 1. The number of carbonyl (C=O) groups excluding carboxylic acids is 1. The molecule has 0 fully saturated rings. The molecule has 6 heteroatoms. The second kappa shape index (κ2) is 4.90. The van der Waals surface area contributed by atoms with E-state index in [1.807, 2.05) is 6.92 Å². The third kappa shape index (κ3) is 2.66. The van der Waals surface area contributed by atoms with Crippen molar-refractivity contribution in [2.75, 3.05) is 6.54 Å². The molecule has 1 amide bonds. The highest BCUT2D eigenvalue weighted by atomic mass is 79.9. The quantitative estimate of drug-likeness (QED) is 0.840. The summed E-state index contributed by atoms with van der Waals surface area (Å²) in [4.78, 5) is 26.4. The molecule has 0 aliphatic rings. The smallest absolute Gasteiger partial charge is 0.268 e. The Morgan fingerprint density at radius 2 is 2.43 bits per heavy atom. The maximum Gasteiger partial charge on any atom is 0.268 e. The Morgan fingerprint density at radius 1 is 1.71 bits per heavy atom. The number of likely N-dealkylation sites (N-methyl/N-ethyl adjacent to an activating group) is 1. The van der Waals surface area contributed by atoms with Gasteiger partial charge in [-0.3, -0.25) is 14.2 Å². The lowest BCUT2D eigenvalue weighted by Gasteiger charge is -2.04. The molecule has 14 heavy (non-hydrogen) atoms. The van der Waals surface area contributed by atoms with Crippen molar-refractivity contribution in [2.45, 2.75) is 13.5 Å². The molecule has 76 valence electrons. The Hall–Kier alpha value is -1.17. The molecular formula is C8H10BrN3O2. The van der Waals surface area contributed by atoms with E-state index < -0.39 is 0 Å². The van der Waals surface area contributed by atoms with Crippen LogP contribution in [-0.4, -0.2) is 22.0 Å². The van der Waals surface area contributed by atoms with Crippen LogP contribution in [-0.2, 0) is 11.3 Å². The minimum absolute atomic E-state index is 0.000880. The molecule has 0 bridgehead atoms. The molecule has 0 atom stereocenters. The predicted molar refractivity (Wildman–Crippen MR) is 54.9 cm³/mol. The van der Waals surface area contributed by atoms with Crippen molar-refractivity contribution in [2.24, 2.45) is 0 Å². The number of rotatable bonds is 3. The van der Waals surface area contributed by atoms with Gasteiger partial charge in [-0.15, -0.1) is 0 Å². The van der Waals surface area contributed by atoms with Gasteiger partial charge in [-0.2, -0.15) is 0 Å². The van der Waals surface area contributed by atoms with E-state index in [1.165, 1.54) is 17.1 Å². The number of hydrogen-bond donors (Lipinski definition) is 1. The Balaban J connectivity index is 2.82. The molecule has 1 aromatic heterocycles. The zero-order chi connectivity index (χ0) is 10.6. The van der Waals surface area contributed by atoms with Gasteiger partial charge in [0, 0.05) is 12.7 Å². The first-order chi connectivity index (χ1) is 6.65. The summed E-state index contributed by atoms with van der Waals surface area (Å²) in [5, 5.41) is 2.60. The lowest BCUT2D eigenvalue weighted by atomic mass is 10.5. The molecule has 1 N–H and O–H groups in total. The molecule has 1 rings (SSSR count). The van der Waals surface area contributed by atoms with Gasteiger partial charge in [-0.05, 0) is 22.9 Å². The predicted octanol–water partition coefficient (Wildman–Crippen LogP) is 0.142. The minimum Gasteiger partial charge on any atom is -0.355 e. The van der Waals surface area contributed by atoms with Gasteiger partial charge in [0.15, 0.2) is 0 Å². The first kappa shape index (κ1) is 10.9. The number of nitrogens with one attached hydrogen (secondary N) is 1. The summed E-state index contributed by atoms with van der Waals surface area (Å²) in [6, 6.07) is 0. The van der Waals surface area contributed by atoms with Crippen molar-refractivity contribution < 1.29 is 4.79 Å². The van der Waals surface area contributed by atoms with Crippen LogP contribution in [0.25, 0.3) is 0 Å². The van der Waals surface area contributed by atoms with Gasteiger partial charge in [0.2, 0.25) is 5.91 Å². The van der Waals surface area contributed by atoms with Crippen molar-refractivity contribution >= 4 is 21.8 Å². The van der Waals surface area contributed by atoms with Gasteiger partial charge in [0.25, 0.3) is 5.56 Å².